The van der Waals surface area contributed by atoms with Crippen LogP contribution in [0.25, 0.3) is 11.0 Å². The summed E-state index contributed by atoms with van der Waals surface area (Å²) in [4.78, 5) is 21.3. The lowest BCUT2D eigenvalue weighted by Gasteiger charge is -2.01. The largest absolute Gasteiger partial charge is 0.273 e. The fourth-order valence-electron chi connectivity index (χ4n) is 2.05. The molecule has 2 aromatic carbocycles. The van der Waals surface area contributed by atoms with Gasteiger partial charge in [-0.1, -0.05) is 12.1 Å². The average molecular weight is 354 g/mol. The minimum Gasteiger partial charge on any atom is -0.273 e. The second-order valence-corrected chi connectivity index (χ2v) is 6.30. The lowest BCUT2D eigenvalue weighted by Crippen LogP contribution is -2.17. The Morgan fingerprint density at radius 2 is 1.92 bits per heavy atom. The number of halogens is 1. The van der Waals surface area contributed by atoms with Gasteiger partial charge >= 0.3 is 0 Å². The van der Waals surface area contributed by atoms with Crippen LogP contribution in [-0.2, 0) is 4.79 Å². The van der Waals surface area contributed by atoms with Crippen molar-refractivity contribution < 1.29 is 9.18 Å². The number of hydrogen-bond donors (Lipinski definition) is 1. The Labute approximate surface area is 148 Å². The van der Waals surface area contributed by atoms with Crippen molar-refractivity contribution in [2.24, 2.45) is 5.10 Å². The molecule has 25 heavy (non-hydrogen) atoms. The molecule has 5 nitrogen and oxygen atoms in total. The fourth-order valence-corrected chi connectivity index (χ4v) is 2.90. The molecule has 0 saturated carbocycles. The van der Waals surface area contributed by atoms with Gasteiger partial charge in [0.15, 0.2) is 0 Å². The minimum absolute atomic E-state index is 0.195. The minimum atomic E-state index is -0.270. The molecule has 1 heterocycles. The zero-order chi connectivity index (χ0) is 17.5. The van der Waals surface area contributed by atoms with E-state index in [-0.39, 0.29) is 11.7 Å². The second kappa shape index (κ2) is 8.34. The van der Waals surface area contributed by atoms with E-state index in [0.717, 1.165) is 15.9 Å². The number of fused-ring (bicyclic) bond motifs is 1. The Kier molecular flexibility index (Phi) is 5.69. The summed E-state index contributed by atoms with van der Waals surface area (Å²) in [6.07, 6.45) is 3.37. The number of hydrazone groups is 1. The second-order valence-electron chi connectivity index (χ2n) is 5.13. The Morgan fingerprint density at radius 1 is 1.16 bits per heavy atom. The molecular weight excluding hydrogens is 339 g/mol. The van der Waals surface area contributed by atoms with E-state index in [9.17, 15) is 9.18 Å². The van der Waals surface area contributed by atoms with Gasteiger partial charge < -0.3 is 0 Å². The van der Waals surface area contributed by atoms with Gasteiger partial charge in [-0.15, -0.1) is 11.8 Å². The van der Waals surface area contributed by atoms with Crippen molar-refractivity contribution in [1.29, 1.82) is 0 Å². The molecule has 0 spiro atoms. The molecule has 0 fully saturated rings. The van der Waals surface area contributed by atoms with Crippen LogP contribution in [0.2, 0.25) is 0 Å². The number of nitrogens with one attached hydrogen (secondary N) is 1. The lowest BCUT2D eigenvalue weighted by molar-refractivity contribution is -0.120. The predicted octanol–water partition coefficient (Wildman–Crippen LogP) is 3.40. The molecule has 126 valence electrons. The summed E-state index contributed by atoms with van der Waals surface area (Å²) < 4.78 is 12.8. The van der Waals surface area contributed by atoms with E-state index in [2.05, 4.69) is 20.5 Å². The summed E-state index contributed by atoms with van der Waals surface area (Å²) in [5.41, 5.74) is 4.61. The van der Waals surface area contributed by atoms with Crippen LogP contribution in [0.1, 0.15) is 12.1 Å². The molecule has 0 aliphatic heterocycles. The van der Waals surface area contributed by atoms with E-state index >= 15 is 0 Å². The van der Waals surface area contributed by atoms with Crippen molar-refractivity contribution in [3.63, 3.8) is 0 Å². The number of carbonyl (C=O) groups is 1. The molecule has 0 radical (unpaired) electrons. The Morgan fingerprint density at radius 3 is 2.72 bits per heavy atom. The van der Waals surface area contributed by atoms with Gasteiger partial charge in [-0.25, -0.2) is 14.8 Å². The number of nitrogens with zero attached hydrogens (tertiary/aromatic N) is 3. The Hall–Kier alpha value is -2.80. The first-order chi connectivity index (χ1) is 12.2. The monoisotopic (exact) mass is 354 g/mol. The first-order valence-corrected chi connectivity index (χ1v) is 8.61. The van der Waals surface area contributed by atoms with Crippen LogP contribution in [-0.4, -0.2) is 27.8 Å². The maximum absolute atomic E-state index is 12.8. The highest BCUT2D eigenvalue weighted by atomic mass is 32.2. The zero-order valence-electron chi connectivity index (χ0n) is 13.2. The van der Waals surface area contributed by atoms with E-state index in [1.54, 1.807) is 18.3 Å². The topological polar surface area (TPSA) is 67.2 Å². The first-order valence-electron chi connectivity index (χ1n) is 7.63. The van der Waals surface area contributed by atoms with Gasteiger partial charge in [0, 0.05) is 17.1 Å². The van der Waals surface area contributed by atoms with Gasteiger partial charge in [-0.3, -0.25) is 9.78 Å². The van der Waals surface area contributed by atoms with E-state index < -0.39 is 0 Å². The molecule has 1 N–H and O–H groups in total. The third-order valence-corrected chi connectivity index (χ3v) is 4.28. The maximum atomic E-state index is 12.8. The van der Waals surface area contributed by atoms with Crippen LogP contribution in [0.15, 0.2) is 64.7 Å². The van der Waals surface area contributed by atoms with Crippen LogP contribution in [0, 0.1) is 5.82 Å². The van der Waals surface area contributed by atoms with Gasteiger partial charge in [0.1, 0.15) is 11.5 Å². The number of hydrogen-bond acceptors (Lipinski definition) is 5. The number of rotatable bonds is 6. The first kappa shape index (κ1) is 17.0. The predicted molar refractivity (Wildman–Crippen MR) is 97.0 cm³/mol. The summed E-state index contributed by atoms with van der Waals surface area (Å²) in [6, 6.07) is 13.7. The van der Waals surface area contributed by atoms with Gasteiger partial charge in [0.25, 0.3) is 0 Å². The number of thioether (sulfide) groups is 1. The standard InChI is InChI=1S/C18H15FN4OS/c19-13-5-7-15(8-6-13)25-10-9-18(24)23-21-12-14-11-20-16-3-1-2-4-17(16)22-14/h1-8,11-12H,9-10H2,(H,23,24)/b21-12-. The lowest BCUT2D eigenvalue weighted by atomic mass is 10.3. The molecule has 3 rings (SSSR count). The van der Waals surface area contributed by atoms with E-state index in [1.807, 2.05) is 24.3 Å². The summed E-state index contributed by atoms with van der Waals surface area (Å²) in [7, 11) is 0. The van der Waals surface area contributed by atoms with Crippen LogP contribution < -0.4 is 5.43 Å². The number of aromatic nitrogens is 2. The van der Waals surface area contributed by atoms with Crippen LogP contribution in [0.4, 0.5) is 4.39 Å². The Bertz CT molecular complexity index is 899. The SMILES string of the molecule is O=C(CCSc1ccc(F)cc1)N/N=C\c1cnc2ccccc2n1. The summed E-state index contributed by atoms with van der Waals surface area (Å²) in [5.74, 6) is 0.121. The van der Waals surface area contributed by atoms with Crippen molar-refractivity contribution in [1.82, 2.24) is 15.4 Å². The third-order valence-electron chi connectivity index (χ3n) is 3.26. The number of para-hydroxylation sites is 2. The Balaban J connectivity index is 1.46. The third kappa shape index (κ3) is 5.09. The van der Waals surface area contributed by atoms with Gasteiger partial charge in [0.2, 0.25) is 5.91 Å². The van der Waals surface area contributed by atoms with Gasteiger partial charge in [-0.05, 0) is 36.4 Å². The molecule has 0 aliphatic carbocycles. The highest BCUT2D eigenvalue weighted by Gasteiger charge is 2.02. The molecular formula is C18H15FN4OS. The van der Waals surface area contributed by atoms with Crippen LogP contribution in [0.5, 0.6) is 0 Å². The highest BCUT2D eigenvalue weighted by molar-refractivity contribution is 7.99. The normalized spacial score (nSPS) is 11.1. The van der Waals surface area contributed by atoms with E-state index in [0.29, 0.717) is 17.9 Å². The van der Waals surface area contributed by atoms with Crippen molar-refractivity contribution in [2.75, 3.05) is 5.75 Å². The molecule has 0 saturated heterocycles. The van der Waals surface area contributed by atoms with Crippen molar-refractivity contribution >= 4 is 34.9 Å². The molecule has 0 unspecified atom stereocenters. The molecule has 0 aliphatic rings. The summed E-state index contributed by atoms with van der Waals surface area (Å²) in [6.45, 7) is 0. The zero-order valence-corrected chi connectivity index (χ0v) is 14.0. The summed E-state index contributed by atoms with van der Waals surface area (Å²) >= 11 is 1.49. The molecule has 1 amide bonds. The van der Waals surface area contributed by atoms with Crippen molar-refractivity contribution in [2.45, 2.75) is 11.3 Å². The number of carbonyl (C=O) groups excluding carboxylic acids is 1. The maximum Gasteiger partial charge on any atom is 0.240 e. The molecule has 7 heteroatoms. The van der Waals surface area contributed by atoms with E-state index in [4.69, 9.17) is 0 Å². The van der Waals surface area contributed by atoms with Crippen molar-refractivity contribution in [3.8, 4) is 0 Å². The van der Waals surface area contributed by atoms with Crippen LogP contribution >= 0.6 is 11.8 Å². The number of benzene rings is 2. The van der Waals surface area contributed by atoms with Crippen molar-refractivity contribution in [3.05, 3.63) is 66.2 Å². The smallest absolute Gasteiger partial charge is 0.240 e. The molecule has 1 aromatic heterocycles. The fraction of sp³-hybridized carbons (Fsp3) is 0.111. The molecule has 3 aromatic rings. The quantitative estimate of drug-likeness (QED) is 0.418. The summed E-state index contributed by atoms with van der Waals surface area (Å²) in [5, 5.41) is 3.90. The molecule has 0 bridgehead atoms. The average Bonchev–Trinajstić information content (AvgIpc) is 2.63. The molecule has 0 atom stereocenters. The van der Waals surface area contributed by atoms with Gasteiger partial charge in [-0.2, -0.15) is 5.10 Å². The number of amides is 1. The van der Waals surface area contributed by atoms with E-state index in [1.165, 1.54) is 30.1 Å². The van der Waals surface area contributed by atoms with Crippen LogP contribution in [0.3, 0.4) is 0 Å². The highest BCUT2D eigenvalue weighted by Crippen LogP contribution is 2.18. The van der Waals surface area contributed by atoms with Gasteiger partial charge in [0.05, 0.1) is 23.4 Å².